The van der Waals surface area contributed by atoms with Crippen molar-refractivity contribution in [1.82, 2.24) is 0 Å². The van der Waals surface area contributed by atoms with Crippen molar-refractivity contribution in [3.8, 4) is 6.07 Å². The second-order valence-corrected chi connectivity index (χ2v) is 3.23. The maximum atomic E-state index is 10.7. The first-order valence-corrected chi connectivity index (χ1v) is 4.35. The summed E-state index contributed by atoms with van der Waals surface area (Å²) >= 11 is 0. The Morgan fingerprint density at radius 1 is 1.62 bits per heavy atom. The molecule has 0 fully saturated rings. The molecule has 1 rings (SSSR count). The average molecular weight is 220 g/mol. The fraction of sp³-hybridized carbons (Fsp3) is 0.200. The van der Waals surface area contributed by atoms with E-state index >= 15 is 0 Å². The lowest BCUT2D eigenvalue weighted by Crippen LogP contribution is -2.06. The molecule has 16 heavy (non-hydrogen) atoms. The van der Waals surface area contributed by atoms with E-state index in [-0.39, 0.29) is 16.8 Å². The second-order valence-electron chi connectivity index (χ2n) is 3.23. The molecule has 0 aliphatic carbocycles. The largest absolute Gasteiger partial charge is 0.481 e. The molecule has 0 bridgehead atoms. The molecule has 0 aliphatic rings. The van der Waals surface area contributed by atoms with Crippen LogP contribution in [0.4, 0.5) is 5.69 Å². The maximum absolute atomic E-state index is 10.7. The maximum Gasteiger partial charge on any atom is 0.308 e. The highest BCUT2D eigenvalue weighted by Crippen LogP contribution is 2.24. The predicted octanol–water partition coefficient (Wildman–Crippen LogP) is 1.40. The van der Waals surface area contributed by atoms with Gasteiger partial charge in [0.25, 0.3) is 5.69 Å². The molecule has 0 saturated carbocycles. The normalized spacial score (nSPS) is 9.50. The fourth-order valence-corrected chi connectivity index (χ4v) is 1.41. The molecule has 0 spiro atoms. The van der Waals surface area contributed by atoms with Crippen LogP contribution in [0.15, 0.2) is 12.1 Å². The minimum atomic E-state index is -1.14. The number of carboxylic acid groups (broad SMARTS) is 1. The quantitative estimate of drug-likeness (QED) is 0.612. The lowest BCUT2D eigenvalue weighted by atomic mass is 10.0. The van der Waals surface area contributed by atoms with Crippen LogP contribution in [0.2, 0.25) is 0 Å². The van der Waals surface area contributed by atoms with E-state index in [1.54, 1.807) is 13.0 Å². The van der Waals surface area contributed by atoms with Crippen molar-refractivity contribution in [2.75, 3.05) is 0 Å². The number of rotatable bonds is 3. The predicted molar refractivity (Wildman–Crippen MR) is 53.9 cm³/mol. The molecule has 0 atom stereocenters. The molecule has 0 aliphatic heterocycles. The van der Waals surface area contributed by atoms with Crippen LogP contribution >= 0.6 is 0 Å². The molecule has 0 radical (unpaired) electrons. The third-order valence-electron chi connectivity index (χ3n) is 2.10. The van der Waals surface area contributed by atoms with Gasteiger partial charge in [-0.15, -0.1) is 0 Å². The second kappa shape index (κ2) is 4.40. The summed E-state index contributed by atoms with van der Waals surface area (Å²) in [5.74, 6) is -1.14. The number of nitrogens with zero attached hydrogens (tertiary/aromatic N) is 2. The van der Waals surface area contributed by atoms with Crippen molar-refractivity contribution in [3.63, 3.8) is 0 Å². The van der Waals surface area contributed by atoms with Gasteiger partial charge in [0, 0.05) is 11.6 Å². The third kappa shape index (κ3) is 2.33. The SMILES string of the molecule is Cc1cc(C#N)cc([N+](=O)[O-])c1CC(=O)O. The molecule has 0 aromatic heterocycles. The van der Waals surface area contributed by atoms with Crippen LogP contribution in [0, 0.1) is 28.4 Å². The van der Waals surface area contributed by atoms with Crippen molar-refractivity contribution < 1.29 is 14.8 Å². The number of nitro benzene ring substituents is 1. The summed E-state index contributed by atoms with van der Waals surface area (Å²) < 4.78 is 0. The standard InChI is InChI=1S/C10H8N2O4/c1-6-2-7(5-11)3-9(12(15)16)8(6)4-10(13)14/h2-3H,4H2,1H3,(H,13,14). The van der Waals surface area contributed by atoms with Crippen molar-refractivity contribution >= 4 is 11.7 Å². The molecular weight excluding hydrogens is 212 g/mol. The smallest absolute Gasteiger partial charge is 0.308 e. The molecule has 6 nitrogen and oxygen atoms in total. The first-order valence-electron chi connectivity index (χ1n) is 4.35. The Morgan fingerprint density at radius 2 is 2.25 bits per heavy atom. The summed E-state index contributed by atoms with van der Waals surface area (Å²) in [5, 5.41) is 28.0. The molecule has 6 heteroatoms. The van der Waals surface area contributed by atoms with Gasteiger partial charge in [0.2, 0.25) is 0 Å². The monoisotopic (exact) mass is 220 g/mol. The Kier molecular flexibility index (Phi) is 3.20. The van der Waals surface area contributed by atoms with Crippen LogP contribution in [0.3, 0.4) is 0 Å². The first-order chi connectivity index (χ1) is 7.45. The number of hydrogen-bond donors (Lipinski definition) is 1. The van der Waals surface area contributed by atoms with Crippen LogP contribution in [-0.2, 0) is 11.2 Å². The van der Waals surface area contributed by atoms with Crippen LogP contribution < -0.4 is 0 Å². The summed E-state index contributed by atoms with van der Waals surface area (Å²) in [7, 11) is 0. The Balaban J connectivity index is 3.41. The minimum absolute atomic E-state index is 0.136. The minimum Gasteiger partial charge on any atom is -0.481 e. The first kappa shape index (κ1) is 11.7. The number of nitriles is 1. The van der Waals surface area contributed by atoms with Gasteiger partial charge < -0.3 is 5.11 Å². The highest BCUT2D eigenvalue weighted by Gasteiger charge is 2.19. The van der Waals surface area contributed by atoms with E-state index in [0.29, 0.717) is 5.56 Å². The van der Waals surface area contributed by atoms with Gasteiger partial charge in [-0.3, -0.25) is 14.9 Å². The van der Waals surface area contributed by atoms with E-state index in [1.165, 1.54) is 6.07 Å². The molecule has 0 unspecified atom stereocenters. The Hall–Kier alpha value is -2.42. The van der Waals surface area contributed by atoms with Crippen molar-refractivity contribution in [3.05, 3.63) is 38.9 Å². The van der Waals surface area contributed by atoms with E-state index in [9.17, 15) is 14.9 Å². The molecule has 0 saturated heterocycles. The van der Waals surface area contributed by atoms with E-state index < -0.39 is 17.3 Å². The van der Waals surface area contributed by atoms with Gasteiger partial charge in [0.1, 0.15) is 0 Å². The van der Waals surface area contributed by atoms with Gasteiger partial charge in [0.05, 0.1) is 23.0 Å². The molecule has 82 valence electrons. The third-order valence-corrected chi connectivity index (χ3v) is 2.10. The van der Waals surface area contributed by atoms with E-state index in [1.807, 2.05) is 0 Å². The van der Waals surface area contributed by atoms with Gasteiger partial charge in [0.15, 0.2) is 0 Å². The number of hydrogen-bond acceptors (Lipinski definition) is 4. The van der Waals surface area contributed by atoms with E-state index in [4.69, 9.17) is 10.4 Å². The van der Waals surface area contributed by atoms with E-state index in [0.717, 1.165) is 6.07 Å². The highest BCUT2D eigenvalue weighted by atomic mass is 16.6. The van der Waals surface area contributed by atoms with E-state index in [2.05, 4.69) is 0 Å². The number of benzene rings is 1. The Labute approximate surface area is 90.9 Å². The molecular formula is C10H8N2O4. The molecule has 1 aromatic rings. The topological polar surface area (TPSA) is 104 Å². The zero-order chi connectivity index (χ0) is 12.3. The van der Waals surface area contributed by atoms with Crippen LogP contribution in [0.25, 0.3) is 0 Å². The summed E-state index contributed by atoms with van der Waals surface area (Å²) in [6.45, 7) is 1.55. The summed E-state index contributed by atoms with van der Waals surface area (Å²) in [6.07, 6.45) is -0.423. The van der Waals surface area contributed by atoms with Crippen molar-refractivity contribution in [2.24, 2.45) is 0 Å². The lowest BCUT2D eigenvalue weighted by Gasteiger charge is -2.04. The summed E-state index contributed by atoms with van der Waals surface area (Å²) in [6, 6.07) is 4.32. The van der Waals surface area contributed by atoms with Crippen molar-refractivity contribution in [2.45, 2.75) is 13.3 Å². The average Bonchev–Trinajstić information content (AvgIpc) is 2.19. The number of carboxylic acids is 1. The van der Waals surface area contributed by atoms with Crippen LogP contribution in [0.5, 0.6) is 0 Å². The number of nitro groups is 1. The zero-order valence-corrected chi connectivity index (χ0v) is 8.43. The highest BCUT2D eigenvalue weighted by molar-refractivity contribution is 5.73. The van der Waals surface area contributed by atoms with Crippen LogP contribution in [0.1, 0.15) is 16.7 Å². The number of carbonyl (C=O) groups is 1. The van der Waals surface area contributed by atoms with Gasteiger partial charge in [-0.1, -0.05) is 0 Å². The van der Waals surface area contributed by atoms with Gasteiger partial charge in [-0.25, -0.2) is 0 Å². The number of aliphatic carboxylic acids is 1. The summed E-state index contributed by atoms with van der Waals surface area (Å²) in [5.41, 5.74) is 0.405. The van der Waals surface area contributed by atoms with Crippen molar-refractivity contribution in [1.29, 1.82) is 5.26 Å². The molecule has 1 N–H and O–H groups in total. The Morgan fingerprint density at radius 3 is 2.69 bits per heavy atom. The van der Waals surface area contributed by atoms with Gasteiger partial charge >= 0.3 is 5.97 Å². The molecule has 1 aromatic carbocycles. The summed E-state index contributed by atoms with van der Waals surface area (Å²) in [4.78, 5) is 20.6. The Bertz CT molecular complexity index is 502. The molecule has 0 heterocycles. The molecule has 0 amide bonds. The van der Waals surface area contributed by atoms with Gasteiger partial charge in [-0.2, -0.15) is 5.26 Å². The van der Waals surface area contributed by atoms with Crippen LogP contribution in [-0.4, -0.2) is 16.0 Å². The fourth-order valence-electron chi connectivity index (χ4n) is 1.41. The zero-order valence-electron chi connectivity index (χ0n) is 8.43. The van der Waals surface area contributed by atoms with Gasteiger partial charge in [-0.05, 0) is 18.6 Å². The number of aryl methyl sites for hydroxylation is 1. The lowest BCUT2D eigenvalue weighted by molar-refractivity contribution is -0.385.